The summed E-state index contributed by atoms with van der Waals surface area (Å²) in [6.45, 7) is 5.78. The third kappa shape index (κ3) is 3.94. The highest BCUT2D eigenvalue weighted by atomic mass is 16.2. The van der Waals surface area contributed by atoms with Gasteiger partial charge in [-0.25, -0.2) is 0 Å². The van der Waals surface area contributed by atoms with Crippen LogP contribution in [0.25, 0.3) is 0 Å². The molecule has 0 atom stereocenters. The molecule has 1 aromatic rings. The molecule has 0 aromatic heterocycles. The summed E-state index contributed by atoms with van der Waals surface area (Å²) in [7, 11) is 0. The van der Waals surface area contributed by atoms with Crippen LogP contribution in [0.4, 0.5) is 5.69 Å². The Bertz CT molecular complexity index is 745. The van der Waals surface area contributed by atoms with Gasteiger partial charge in [-0.05, 0) is 87.5 Å². The number of anilines is 1. The van der Waals surface area contributed by atoms with Crippen LogP contribution in [-0.4, -0.2) is 54.9 Å². The number of hydrogen-bond acceptors (Lipinski definition) is 4. The molecule has 156 valence electrons. The predicted molar refractivity (Wildman–Crippen MR) is 114 cm³/mol. The quantitative estimate of drug-likeness (QED) is 0.779. The molecule has 29 heavy (non-hydrogen) atoms. The van der Waals surface area contributed by atoms with Crippen LogP contribution in [0.5, 0.6) is 0 Å². The van der Waals surface area contributed by atoms with Crippen LogP contribution < -0.4 is 10.2 Å². The van der Waals surface area contributed by atoms with Gasteiger partial charge in [-0.1, -0.05) is 0 Å². The number of rotatable bonds is 5. The van der Waals surface area contributed by atoms with Crippen LogP contribution in [0.2, 0.25) is 0 Å². The van der Waals surface area contributed by atoms with Crippen LogP contribution >= 0.6 is 0 Å². The average molecular weight is 396 g/mol. The third-order valence-corrected chi connectivity index (χ3v) is 7.82. The monoisotopic (exact) mass is 395 g/mol. The lowest BCUT2D eigenvalue weighted by atomic mass is 9.53. The Labute approximate surface area is 173 Å². The molecule has 1 N–H and O–H groups in total. The number of benzene rings is 1. The van der Waals surface area contributed by atoms with E-state index in [1.54, 1.807) is 6.92 Å². The first-order valence-electron chi connectivity index (χ1n) is 11.4. The lowest BCUT2D eigenvalue weighted by Crippen LogP contribution is -2.61. The molecule has 4 bridgehead atoms. The molecular weight excluding hydrogens is 362 g/mol. The third-order valence-electron chi connectivity index (χ3n) is 7.82. The van der Waals surface area contributed by atoms with Crippen molar-refractivity contribution in [1.29, 1.82) is 0 Å². The number of carbonyl (C=O) groups excluding carboxylic acids is 2. The Balaban J connectivity index is 1.12. The van der Waals surface area contributed by atoms with E-state index in [1.807, 2.05) is 24.3 Å². The van der Waals surface area contributed by atoms with Crippen molar-refractivity contribution in [3.05, 3.63) is 29.8 Å². The van der Waals surface area contributed by atoms with Gasteiger partial charge in [0.1, 0.15) is 0 Å². The van der Waals surface area contributed by atoms with E-state index in [2.05, 4.69) is 15.1 Å². The van der Waals surface area contributed by atoms with Gasteiger partial charge in [-0.15, -0.1) is 0 Å². The van der Waals surface area contributed by atoms with Crippen LogP contribution in [-0.2, 0) is 4.79 Å². The summed E-state index contributed by atoms with van der Waals surface area (Å²) in [5, 5.41) is 3.51. The van der Waals surface area contributed by atoms with Crippen LogP contribution in [0.15, 0.2) is 24.3 Å². The van der Waals surface area contributed by atoms with Crippen molar-refractivity contribution in [2.45, 2.75) is 51.0 Å². The van der Waals surface area contributed by atoms with Crippen LogP contribution in [0.1, 0.15) is 55.8 Å². The zero-order valence-electron chi connectivity index (χ0n) is 17.5. The fourth-order valence-electron chi connectivity index (χ4n) is 6.87. The molecule has 5 nitrogen and oxygen atoms in total. The van der Waals surface area contributed by atoms with Crippen LogP contribution in [0.3, 0.4) is 0 Å². The van der Waals surface area contributed by atoms with E-state index < -0.39 is 0 Å². The molecule has 0 spiro atoms. The summed E-state index contributed by atoms with van der Waals surface area (Å²) in [5.74, 6) is 2.91. The minimum atomic E-state index is 0.103. The summed E-state index contributed by atoms with van der Waals surface area (Å²) in [6.07, 6.45) is 7.87. The van der Waals surface area contributed by atoms with Gasteiger partial charge in [-0.2, -0.15) is 0 Å². The fourth-order valence-corrected chi connectivity index (χ4v) is 6.87. The first kappa shape index (κ1) is 19.1. The maximum atomic E-state index is 12.9. The maximum Gasteiger partial charge on any atom is 0.234 e. The highest BCUT2D eigenvalue weighted by molar-refractivity contribution is 5.94. The first-order valence-corrected chi connectivity index (χ1v) is 11.4. The second kappa shape index (κ2) is 7.42. The van der Waals surface area contributed by atoms with Gasteiger partial charge >= 0.3 is 0 Å². The van der Waals surface area contributed by atoms with Crippen molar-refractivity contribution < 1.29 is 9.59 Å². The molecule has 6 rings (SSSR count). The number of Topliss-reactive ketones (excluding diaryl/α,β-unsaturated/α-hetero) is 1. The molecule has 4 aliphatic carbocycles. The number of carbonyl (C=O) groups is 2. The predicted octanol–water partition coefficient (Wildman–Crippen LogP) is 3.10. The summed E-state index contributed by atoms with van der Waals surface area (Å²) < 4.78 is 0. The van der Waals surface area contributed by atoms with Gasteiger partial charge in [0.05, 0.1) is 6.54 Å². The Hall–Kier alpha value is -1.88. The van der Waals surface area contributed by atoms with Gasteiger partial charge < -0.3 is 10.2 Å². The molecule has 4 saturated carbocycles. The van der Waals surface area contributed by atoms with Crippen molar-refractivity contribution in [3.63, 3.8) is 0 Å². The number of hydrogen-bond donors (Lipinski definition) is 1. The molecule has 5 heteroatoms. The fraction of sp³-hybridized carbons (Fsp3) is 0.667. The van der Waals surface area contributed by atoms with Crippen LogP contribution in [0, 0.1) is 17.8 Å². The van der Waals surface area contributed by atoms with E-state index in [1.165, 1.54) is 38.5 Å². The molecular formula is C24H33N3O2. The van der Waals surface area contributed by atoms with Crippen molar-refractivity contribution in [2.75, 3.05) is 37.6 Å². The smallest absolute Gasteiger partial charge is 0.234 e. The number of ketones is 1. The van der Waals surface area contributed by atoms with Crippen molar-refractivity contribution in [2.24, 2.45) is 17.8 Å². The van der Waals surface area contributed by atoms with E-state index in [0.717, 1.165) is 55.2 Å². The van der Waals surface area contributed by atoms with E-state index in [9.17, 15) is 9.59 Å². The minimum Gasteiger partial charge on any atom is -0.369 e. The van der Waals surface area contributed by atoms with E-state index >= 15 is 0 Å². The highest BCUT2D eigenvalue weighted by Gasteiger charge is 2.51. The number of piperazine rings is 1. The summed E-state index contributed by atoms with van der Waals surface area (Å²) in [6, 6.07) is 7.88. The zero-order valence-corrected chi connectivity index (χ0v) is 17.5. The second-order valence-corrected chi connectivity index (χ2v) is 10.1. The second-order valence-electron chi connectivity index (χ2n) is 10.1. The van der Waals surface area contributed by atoms with E-state index in [-0.39, 0.29) is 17.2 Å². The molecule has 0 unspecified atom stereocenters. The van der Waals surface area contributed by atoms with Crippen molar-refractivity contribution in [1.82, 2.24) is 10.2 Å². The maximum absolute atomic E-state index is 12.9. The van der Waals surface area contributed by atoms with Gasteiger partial charge in [0.2, 0.25) is 5.91 Å². The molecule has 5 aliphatic rings. The topological polar surface area (TPSA) is 52.7 Å². The summed E-state index contributed by atoms with van der Waals surface area (Å²) >= 11 is 0. The molecule has 0 radical (unpaired) electrons. The Morgan fingerprint density at radius 2 is 1.48 bits per heavy atom. The standard InChI is InChI=1S/C24H33N3O2/c1-17(28)21-2-4-22(5-3-21)27-8-6-26(7-9-27)16-23(29)25-24-13-18-10-19(14-24)12-20(11-18)15-24/h2-5,18-20H,6-16H2,1H3,(H,25,29). The number of nitrogens with one attached hydrogen (secondary N) is 1. The Morgan fingerprint density at radius 3 is 2.00 bits per heavy atom. The highest BCUT2D eigenvalue weighted by Crippen LogP contribution is 2.55. The molecule has 1 aromatic carbocycles. The Morgan fingerprint density at radius 1 is 0.931 bits per heavy atom. The van der Waals surface area contributed by atoms with E-state index in [4.69, 9.17) is 0 Å². The minimum absolute atomic E-state index is 0.103. The normalized spacial score (nSPS) is 33.7. The first-order chi connectivity index (χ1) is 14.0. The number of amides is 1. The van der Waals surface area contributed by atoms with Gasteiger partial charge in [0.15, 0.2) is 5.78 Å². The van der Waals surface area contributed by atoms with Crippen molar-refractivity contribution >= 4 is 17.4 Å². The molecule has 1 heterocycles. The SMILES string of the molecule is CC(=O)c1ccc(N2CCN(CC(=O)NC34CC5CC(CC(C5)C3)C4)CC2)cc1. The van der Waals surface area contributed by atoms with E-state index in [0.29, 0.717) is 6.54 Å². The molecule has 1 aliphatic heterocycles. The molecule has 1 amide bonds. The van der Waals surface area contributed by atoms with Gasteiger partial charge in [-0.3, -0.25) is 14.5 Å². The average Bonchev–Trinajstić information content (AvgIpc) is 2.67. The number of nitrogens with zero attached hydrogens (tertiary/aromatic N) is 2. The van der Waals surface area contributed by atoms with Crippen molar-refractivity contribution in [3.8, 4) is 0 Å². The largest absolute Gasteiger partial charge is 0.369 e. The lowest BCUT2D eigenvalue weighted by molar-refractivity contribution is -0.128. The molecule has 5 fully saturated rings. The Kier molecular flexibility index (Phi) is 4.89. The summed E-state index contributed by atoms with van der Waals surface area (Å²) in [4.78, 5) is 28.9. The van der Waals surface area contributed by atoms with Gasteiger partial charge in [0, 0.05) is 43.0 Å². The molecule has 1 saturated heterocycles. The zero-order chi connectivity index (χ0) is 20.0. The van der Waals surface area contributed by atoms with Gasteiger partial charge in [0.25, 0.3) is 0 Å². The lowest BCUT2D eigenvalue weighted by Gasteiger charge is -2.57. The summed E-state index contributed by atoms with van der Waals surface area (Å²) in [5.41, 5.74) is 2.04.